The molecule has 5 heteroatoms. The number of para-hydroxylation sites is 1. The van der Waals surface area contributed by atoms with Crippen LogP contribution in [0.1, 0.15) is 21.9 Å². The molecule has 0 aliphatic carbocycles. The van der Waals surface area contributed by atoms with Gasteiger partial charge in [-0.15, -0.1) is 0 Å². The molecule has 28 heavy (non-hydrogen) atoms. The lowest BCUT2D eigenvalue weighted by Gasteiger charge is -2.22. The largest absolute Gasteiger partial charge is 0.337 e. The first-order valence-corrected chi connectivity index (χ1v) is 9.36. The van der Waals surface area contributed by atoms with Gasteiger partial charge in [-0.2, -0.15) is 0 Å². The number of carbonyl (C=O) groups is 1. The number of carbonyl (C=O) groups excluding carboxylic acids is 1. The molecular weight excluding hydrogens is 348 g/mol. The van der Waals surface area contributed by atoms with Crippen molar-refractivity contribution >= 4 is 16.8 Å². The molecule has 1 amide bonds. The minimum atomic E-state index is -0.0790. The summed E-state index contributed by atoms with van der Waals surface area (Å²) < 4.78 is 1.94. The van der Waals surface area contributed by atoms with Gasteiger partial charge in [-0.25, -0.2) is 9.97 Å². The quantitative estimate of drug-likeness (QED) is 0.518. The lowest BCUT2D eigenvalue weighted by molar-refractivity contribution is 0.0734. The Hall–Kier alpha value is -3.47. The predicted octanol–water partition coefficient (Wildman–Crippen LogP) is 3.85. The maximum Gasteiger partial charge on any atom is 0.272 e. The van der Waals surface area contributed by atoms with Crippen molar-refractivity contribution in [2.24, 2.45) is 7.05 Å². The standard InChI is InChI=1S/C23H22N4O/c1-26-16-14-24-22(26)17-27(15-13-18-7-3-2-4-8-18)23(28)21-12-11-19-9-5-6-10-20(19)25-21/h2-12,14,16H,13,15,17H2,1H3. The summed E-state index contributed by atoms with van der Waals surface area (Å²) >= 11 is 0. The van der Waals surface area contributed by atoms with E-state index in [9.17, 15) is 4.79 Å². The Morgan fingerprint density at radius 1 is 1.00 bits per heavy atom. The second-order valence-electron chi connectivity index (χ2n) is 6.81. The third-order valence-corrected chi connectivity index (χ3v) is 4.87. The Balaban J connectivity index is 1.60. The summed E-state index contributed by atoms with van der Waals surface area (Å²) in [4.78, 5) is 24.1. The van der Waals surface area contributed by atoms with E-state index >= 15 is 0 Å². The van der Waals surface area contributed by atoms with Gasteiger partial charge in [0.05, 0.1) is 12.1 Å². The van der Waals surface area contributed by atoms with Crippen molar-refractivity contribution in [3.8, 4) is 0 Å². The summed E-state index contributed by atoms with van der Waals surface area (Å²) in [6.45, 7) is 1.05. The average molecular weight is 370 g/mol. The minimum absolute atomic E-state index is 0.0790. The number of hydrogen-bond donors (Lipinski definition) is 0. The van der Waals surface area contributed by atoms with Crippen LogP contribution in [0.25, 0.3) is 10.9 Å². The first-order valence-electron chi connectivity index (χ1n) is 9.36. The fraction of sp³-hybridized carbons (Fsp3) is 0.174. The Labute approximate surface area is 164 Å². The van der Waals surface area contributed by atoms with Crippen molar-refractivity contribution < 1.29 is 4.79 Å². The van der Waals surface area contributed by atoms with Crippen LogP contribution < -0.4 is 0 Å². The second-order valence-corrected chi connectivity index (χ2v) is 6.81. The van der Waals surface area contributed by atoms with Crippen LogP contribution in [0.15, 0.2) is 79.1 Å². The van der Waals surface area contributed by atoms with Gasteiger partial charge in [-0.3, -0.25) is 4.79 Å². The van der Waals surface area contributed by atoms with E-state index in [4.69, 9.17) is 0 Å². The Morgan fingerprint density at radius 2 is 1.79 bits per heavy atom. The highest BCUT2D eigenvalue weighted by Crippen LogP contribution is 2.15. The molecule has 0 N–H and O–H groups in total. The molecule has 2 aromatic carbocycles. The molecule has 140 valence electrons. The average Bonchev–Trinajstić information content (AvgIpc) is 3.15. The number of aromatic nitrogens is 3. The highest BCUT2D eigenvalue weighted by atomic mass is 16.2. The van der Waals surface area contributed by atoms with Gasteiger partial charge < -0.3 is 9.47 Å². The number of aryl methyl sites for hydroxylation is 1. The maximum absolute atomic E-state index is 13.3. The van der Waals surface area contributed by atoms with Crippen molar-refractivity contribution in [3.63, 3.8) is 0 Å². The van der Waals surface area contributed by atoms with Crippen LogP contribution in [-0.2, 0) is 20.0 Å². The molecule has 0 fully saturated rings. The number of fused-ring (bicyclic) bond motifs is 1. The molecule has 0 atom stereocenters. The molecule has 0 bridgehead atoms. The molecule has 0 saturated carbocycles. The Morgan fingerprint density at radius 3 is 2.57 bits per heavy atom. The van der Waals surface area contributed by atoms with Crippen LogP contribution in [0.3, 0.4) is 0 Å². The Kier molecular flexibility index (Phi) is 5.15. The van der Waals surface area contributed by atoms with Crippen molar-refractivity contribution in [3.05, 3.63) is 96.2 Å². The number of pyridine rings is 1. The number of benzene rings is 2. The topological polar surface area (TPSA) is 51.0 Å². The van der Waals surface area contributed by atoms with E-state index in [1.54, 1.807) is 12.3 Å². The number of imidazole rings is 1. The van der Waals surface area contributed by atoms with Crippen LogP contribution in [0.4, 0.5) is 0 Å². The fourth-order valence-corrected chi connectivity index (χ4v) is 3.23. The summed E-state index contributed by atoms with van der Waals surface area (Å²) in [5.41, 5.74) is 2.49. The van der Waals surface area contributed by atoms with E-state index in [1.807, 2.05) is 71.2 Å². The van der Waals surface area contributed by atoms with Gasteiger partial charge in [0.25, 0.3) is 5.91 Å². The van der Waals surface area contributed by atoms with Crippen LogP contribution in [0.2, 0.25) is 0 Å². The number of nitrogens with zero attached hydrogens (tertiary/aromatic N) is 4. The van der Waals surface area contributed by atoms with Gasteiger partial charge in [0.1, 0.15) is 11.5 Å². The molecule has 0 radical (unpaired) electrons. The zero-order valence-corrected chi connectivity index (χ0v) is 15.8. The van der Waals surface area contributed by atoms with E-state index < -0.39 is 0 Å². The highest BCUT2D eigenvalue weighted by Gasteiger charge is 2.19. The molecule has 0 aliphatic rings. The number of hydrogen-bond acceptors (Lipinski definition) is 3. The molecular formula is C23H22N4O. The smallest absolute Gasteiger partial charge is 0.272 e. The maximum atomic E-state index is 13.3. The third-order valence-electron chi connectivity index (χ3n) is 4.87. The van der Waals surface area contributed by atoms with E-state index in [-0.39, 0.29) is 5.91 Å². The molecule has 0 unspecified atom stereocenters. The van der Waals surface area contributed by atoms with Crippen LogP contribution in [0.5, 0.6) is 0 Å². The van der Waals surface area contributed by atoms with Crippen LogP contribution >= 0.6 is 0 Å². The van der Waals surface area contributed by atoms with Gasteiger partial charge >= 0.3 is 0 Å². The predicted molar refractivity (Wildman–Crippen MR) is 110 cm³/mol. The van der Waals surface area contributed by atoms with Crippen molar-refractivity contribution in [1.29, 1.82) is 0 Å². The molecule has 4 rings (SSSR count). The van der Waals surface area contributed by atoms with Crippen molar-refractivity contribution in [2.75, 3.05) is 6.54 Å². The molecule has 0 spiro atoms. The SMILES string of the molecule is Cn1ccnc1CN(CCc1ccccc1)C(=O)c1ccc2ccccc2n1. The second kappa shape index (κ2) is 8.05. The van der Waals surface area contributed by atoms with Gasteiger partial charge in [-0.05, 0) is 24.1 Å². The molecule has 5 nitrogen and oxygen atoms in total. The third kappa shape index (κ3) is 3.93. The zero-order chi connectivity index (χ0) is 19.3. The van der Waals surface area contributed by atoms with Gasteiger partial charge in [-0.1, -0.05) is 54.6 Å². The monoisotopic (exact) mass is 370 g/mol. The normalized spacial score (nSPS) is 10.9. The van der Waals surface area contributed by atoms with Gasteiger partial charge in [0, 0.05) is 31.4 Å². The number of amides is 1. The minimum Gasteiger partial charge on any atom is -0.337 e. The molecule has 0 aliphatic heterocycles. The first-order chi connectivity index (χ1) is 13.7. The summed E-state index contributed by atoms with van der Waals surface area (Å²) in [6, 6.07) is 21.8. The van der Waals surface area contributed by atoms with Gasteiger partial charge in [0.2, 0.25) is 0 Å². The zero-order valence-electron chi connectivity index (χ0n) is 15.8. The van der Waals surface area contributed by atoms with Crippen molar-refractivity contribution in [2.45, 2.75) is 13.0 Å². The first kappa shape index (κ1) is 17.9. The fourth-order valence-electron chi connectivity index (χ4n) is 3.23. The van der Waals surface area contributed by atoms with Crippen molar-refractivity contribution in [1.82, 2.24) is 19.4 Å². The number of rotatable bonds is 6. The molecule has 2 aromatic heterocycles. The van der Waals surface area contributed by atoms with E-state index in [0.717, 1.165) is 23.1 Å². The molecule has 0 saturated heterocycles. The van der Waals surface area contributed by atoms with Crippen LogP contribution in [0, 0.1) is 0 Å². The lowest BCUT2D eigenvalue weighted by atomic mass is 10.1. The van der Waals surface area contributed by atoms with E-state index in [0.29, 0.717) is 18.8 Å². The highest BCUT2D eigenvalue weighted by molar-refractivity contribution is 5.94. The molecule has 4 aromatic rings. The van der Waals surface area contributed by atoms with Crippen LogP contribution in [-0.4, -0.2) is 31.9 Å². The molecule has 2 heterocycles. The Bertz CT molecular complexity index is 1090. The summed E-state index contributed by atoms with van der Waals surface area (Å²) in [5.74, 6) is 0.770. The summed E-state index contributed by atoms with van der Waals surface area (Å²) in [6.07, 6.45) is 4.43. The summed E-state index contributed by atoms with van der Waals surface area (Å²) in [5, 5.41) is 1.03. The van der Waals surface area contributed by atoms with E-state index in [1.165, 1.54) is 5.56 Å². The van der Waals surface area contributed by atoms with E-state index in [2.05, 4.69) is 22.1 Å². The lowest BCUT2D eigenvalue weighted by Crippen LogP contribution is -2.34. The van der Waals surface area contributed by atoms with Gasteiger partial charge in [0.15, 0.2) is 0 Å². The summed E-state index contributed by atoms with van der Waals surface area (Å²) in [7, 11) is 1.94.